The number of aliphatic hydroxyl groups excluding tert-OH is 1. The van der Waals surface area contributed by atoms with Crippen molar-refractivity contribution in [2.45, 2.75) is 5.85 Å². The third-order valence-corrected chi connectivity index (χ3v) is 2.80. The maximum Gasteiger partial charge on any atom is 0.358 e. The quantitative estimate of drug-likeness (QED) is 0.611. The van der Waals surface area contributed by atoms with Crippen molar-refractivity contribution >= 4 is 18.9 Å². The standard InChI is InChI=1S/C5H7O4PS/c6-5(10(7,8)9)4-1-2-11-3-4/h1-3,5-6H,(H2,7,8,9). The SMILES string of the molecule is O=P(O)(O)C(O)c1ccsc1. The van der Waals surface area contributed by atoms with Crippen molar-refractivity contribution in [2.75, 3.05) is 0 Å². The molecule has 1 atom stereocenters. The molecule has 11 heavy (non-hydrogen) atoms. The van der Waals surface area contributed by atoms with Crippen molar-refractivity contribution in [1.82, 2.24) is 0 Å². The summed E-state index contributed by atoms with van der Waals surface area (Å²) in [6.45, 7) is 0. The van der Waals surface area contributed by atoms with Gasteiger partial charge in [0.1, 0.15) is 0 Å². The van der Waals surface area contributed by atoms with Crippen LogP contribution in [0.1, 0.15) is 11.4 Å². The average Bonchev–Trinajstić information content (AvgIpc) is 2.34. The fourth-order valence-corrected chi connectivity index (χ4v) is 1.94. The predicted molar refractivity (Wildman–Crippen MR) is 41.3 cm³/mol. The molecule has 1 aromatic rings. The lowest BCUT2D eigenvalue weighted by Gasteiger charge is -2.09. The first-order valence-corrected chi connectivity index (χ1v) is 5.39. The predicted octanol–water partition coefficient (Wildman–Crippen LogP) is 0.917. The lowest BCUT2D eigenvalue weighted by atomic mass is 10.4. The van der Waals surface area contributed by atoms with Crippen molar-refractivity contribution < 1.29 is 19.5 Å². The summed E-state index contributed by atoms with van der Waals surface area (Å²) >= 11 is 1.28. The Kier molecular flexibility index (Phi) is 2.47. The summed E-state index contributed by atoms with van der Waals surface area (Å²) in [6.07, 6.45) is 0. The van der Waals surface area contributed by atoms with Crippen LogP contribution in [0, 0.1) is 0 Å². The Bertz CT molecular complexity index is 264. The van der Waals surface area contributed by atoms with Gasteiger partial charge in [-0.25, -0.2) is 0 Å². The van der Waals surface area contributed by atoms with Gasteiger partial charge in [0, 0.05) is 5.56 Å². The molecule has 1 heterocycles. The van der Waals surface area contributed by atoms with Crippen LogP contribution >= 0.6 is 18.9 Å². The van der Waals surface area contributed by atoms with E-state index in [-0.39, 0.29) is 5.56 Å². The Morgan fingerprint density at radius 3 is 2.55 bits per heavy atom. The van der Waals surface area contributed by atoms with E-state index in [4.69, 9.17) is 14.9 Å². The van der Waals surface area contributed by atoms with Gasteiger partial charge < -0.3 is 14.9 Å². The van der Waals surface area contributed by atoms with Crippen molar-refractivity contribution in [3.05, 3.63) is 22.4 Å². The van der Waals surface area contributed by atoms with Crippen molar-refractivity contribution in [2.24, 2.45) is 0 Å². The van der Waals surface area contributed by atoms with Gasteiger partial charge in [0.25, 0.3) is 0 Å². The summed E-state index contributed by atoms with van der Waals surface area (Å²) in [5, 5.41) is 12.1. The summed E-state index contributed by atoms with van der Waals surface area (Å²) < 4.78 is 10.5. The Morgan fingerprint density at radius 2 is 2.18 bits per heavy atom. The highest BCUT2D eigenvalue weighted by atomic mass is 32.1. The normalized spacial score (nSPS) is 14.8. The Labute approximate surface area is 67.3 Å². The Hall–Kier alpha value is -0.190. The summed E-state index contributed by atoms with van der Waals surface area (Å²) in [5.41, 5.74) is 0.267. The van der Waals surface area contributed by atoms with Crippen LogP contribution < -0.4 is 0 Å². The molecule has 0 saturated carbocycles. The second-order valence-corrected chi connectivity index (χ2v) is 4.47. The number of hydrogen-bond acceptors (Lipinski definition) is 3. The topological polar surface area (TPSA) is 77.8 Å². The molecule has 4 nitrogen and oxygen atoms in total. The lowest BCUT2D eigenvalue weighted by Crippen LogP contribution is -1.95. The van der Waals surface area contributed by atoms with Crippen LogP contribution in [0.3, 0.4) is 0 Å². The first-order valence-electron chi connectivity index (χ1n) is 2.77. The van der Waals surface area contributed by atoms with Crippen LogP contribution in [0.5, 0.6) is 0 Å². The van der Waals surface area contributed by atoms with Crippen LogP contribution in [0.2, 0.25) is 0 Å². The van der Waals surface area contributed by atoms with E-state index >= 15 is 0 Å². The van der Waals surface area contributed by atoms with E-state index in [1.54, 1.807) is 5.38 Å². The molecule has 1 aromatic heterocycles. The third-order valence-electron chi connectivity index (χ3n) is 1.16. The van der Waals surface area contributed by atoms with Gasteiger partial charge in [-0.1, -0.05) is 0 Å². The van der Waals surface area contributed by atoms with Gasteiger partial charge in [0.15, 0.2) is 5.85 Å². The smallest absolute Gasteiger partial charge is 0.358 e. The highest BCUT2D eigenvalue weighted by Crippen LogP contribution is 2.49. The zero-order valence-electron chi connectivity index (χ0n) is 5.41. The van der Waals surface area contributed by atoms with E-state index < -0.39 is 13.4 Å². The molecule has 0 radical (unpaired) electrons. The maximum absolute atomic E-state index is 10.5. The van der Waals surface area contributed by atoms with Crippen LogP contribution in [-0.2, 0) is 4.57 Å². The summed E-state index contributed by atoms with van der Waals surface area (Å²) in [7, 11) is -4.38. The molecule has 0 saturated heterocycles. The molecule has 1 unspecified atom stereocenters. The van der Waals surface area contributed by atoms with Gasteiger partial charge in [-0.2, -0.15) is 11.3 Å². The molecule has 0 aliphatic rings. The first kappa shape index (κ1) is 8.90. The van der Waals surface area contributed by atoms with Crippen molar-refractivity contribution in [3.63, 3.8) is 0 Å². The molecule has 0 aliphatic heterocycles. The van der Waals surface area contributed by atoms with E-state index in [1.807, 2.05) is 0 Å². The third kappa shape index (κ3) is 2.12. The maximum atomic E-state index is 10.5. The molecule has 3 N–H and O–H groups in total. The molecule has 0 aliphatic carbocycles. The zero-order valence-corrected chi connectivity index (χ0v) is 7.13. The molecular weight excluding hydrogens is 187 g/mol. The first-order chi connectivity index (χ1) is 5.02. The minimum Gasteiger partial charge on any atom is -0.376 e. The fraction of sp³-hybridized carbons (Fsp3) is 0.200. The van der Waals surface area contributed by atoms with E-state index in [0.717, 1.165) is 0 Å². The molecule has 1 rings (SSSR count). The molecule has 62 valence electrons. The zero-order chi connectivity index (χ0) is 8.48. The number of rotatable bonds is 2. The minimum absolute atomic E-state index is 0.267. The second kappa shape index (κ2) is 3.05. The highest BCUT2D eigenvalue weighted by Gasteiger charge is 2.27. The van der Waals surface area contributed by atoms with E-state index in [2.05, 4.69) is 0 Å². The average molecular weight is 194 g/mol. The largest absolute Gasteiger partial charge is 0.376 e. The molecule has 0 amide bonds. The van der Waals surface area contributed by atoms with Crippen LogP contribution in [-0.4, -0.2) is 14.9 Å². The molecule has 6 heteroatoms. The van der Waals surface area contributed by atoms with Gasteiger partial charge in [-0.15, -0.1) is 0 Å². The molecule has 0 spiro atoms. The van der Waals surface area contributed by atoms with Gasteiger partial charge in [-0.3, -0.25) is 4.57 Å². The van der Waals surface area contributed by atoms with Gasteiger partial charge in [0.05, 0.1) is 0 Å². The number of hydrogen-bond donors (Lipinski definition) is 3. The Morgan fingerprint density at radius 1 is 1.55 bits per heavy atom. The highest BCUT2D eigenvalue weighted by molar-refractivity contribution is 7.51. The van der Waals surface area contributed by atoms with E-state index in [9.17, 15) is 4.57 Å². The summed E-state index contributed by atoms with van der Waals surface area (Å²) in [5.74, 6) is -1.67. The van der Waals surface area contributed by atoms with Crippen LogP contribution in [0.4, 0.5) is 0 Å². The molecule has 0 aromatic carbocycles. The fourth-order valence-electron chi connectivity index (χ4n) is 0.616. The monoisotopic (exact) mass is 194 g/mol. The van der Waals surface area contributed by atoms with Crippen LogP contribution in [0.15, 0.2) is 16.8 Å². The van der Waals surface area contributed by atoms with E-state index in [1.165, 1.54) is 22.8 Å². The van der Waals surface area contributed by atoms with Crippen molar-refractivity contribution in [1.29, 1.82) is 0 Å². The van der Waals surface area contributed by atoms with Crippen molar-refractivity contribution in [3.8, 4) is 0 Å². The van der Waals surface area contributed by atoms with Gasteiger partial charge in [-0.05, 0) is 16.8 Å². The lowest BCUT2D eigenvalue weighted by molar-refractivity contribution is 0.206. The van der Waals surface area contributed by atoms with E-state index in [0.29, 0.717) is 0 Å². The summed E-state index contributed by atoms with van der Waals surface area (Å²) in [4.78, 5) is 17.0. The molecule has 0 fully saturated rings. The van der Waals surface area contributed by atoms with Gasteiger partial charge in [0.2, 0.25) is 0 Å². The number of aliphatic hydroxyl groups is 1. The van der Waals surface area contributed by atoms with Gasteiger partial charge >= 0.3 is 7.60 Å². The van der Waals surface area contributed by atoms with Crippen LogP contribution in [0.25, 0.3) is 0 Å². The number of thiophene rings is 1. The molecular formula is C5H7O4PS. The minimum atomic E-state index is -4.38. The Balaban J connectivity index is 2.87. The second-order valence-electron chi connectivity index (χ2n) is 2.02. The summed E-state index contributed by atoms with van der Waals surface area (Å²) in [6, 6.07) is 1.48. The molecule has 0 bridgehead atoms.